The lowest BCUT2D eigenvalue weighted by Crippen LogP contribution is -2.40. The number of carbonyl (C=O) groups is 3. The number of unbranched alkanes of at least 4 members (excludes halogenated alkanes) is 1. The van der Waals surface area contributed by atoms with Gasteiger partial charge >= 0.3 is 5.97 Å². The molecule has 0 radical (unpaired) electrons. The van der Waals surface area contributed by atoms with Gasteiger partial charge in [0.1, 0.15) is 6.54 Å². The van der Waals surface area contributed by atoms with Gasteiger partial charge in [-0.15, -0.1) is 11.8 Å². The number of hydrogen-bond donors (Lipinski definition) is 0. The normalized spacial score (nSPS) is 13.2. The summed E-state index contributed by atoms with van der Waals surface area (Å²) in [6.45, 7) is 1.62. The standard InChI is InChI=1S/C22H23NO4S/c1-2-3-6-16-9-11-17(12-10-16)19(24)14-27-22(26)13-23-18-7-4-5-8-20(18)28-15-21(23)25/h4-5,7-12H,2-3,6,13-15H2,1H3. The van der Waals surface area contributed by atoms with Crippen LogP contribution in [0.5, 0.6) is 0 Å². The Labute approximate surface area is 169 Å². The minimum absolute atomic E-state index is 0.144. The molecule has 5 nitrogen and oxygen atoms in total. The average Bonchev–Trinajstić information content (AvgIpc) is 2.73. The Morgan fingerprint density at radius 3 is 2.61 bits per heavy atom. The molecule has 0 aliphatic carbocycles. The third-order valence-electron chi connectivity index (χ3n) is 4.55. The number of hydrogen-bond acceptors (Lipinski definition) is 5. The summed E-state index contributed by atoms with van der Waals surface area (Å²) in [6.07, 6.45) is 3.23. The Balaban J connectivity index is 1.54. The van der Waals surface area contributed by atoms with Gasteiger partial charge in [0.15, 0.2) is 12.4 Å². The summed E-state index contributed by atoms with van der Waals surface area (Å²) in [4.78, 5) is 39.0. The minimum Gasteiger partial charge on any atom is -0.456 e. The molecule has 1 aliphatic heterocycles. The number of ether oxygens (including phenoxy) is 1. The average molecular weight is 397 g/mol. The van der Waals surface area contributed by atoms with Crippen LogP contribution in [0.25, 0.3) is 0 Å². The van der Waals surface area contributed by atoms with Gasteiger partial charge in [-0.2, -0.15) is 0 Å². The fraction of sp³-hybridized carbons (Fsp3) is 0.318. The molecule has 0 saturated carbocycles. The zero-order valence-corrected chi connectivity index (χ0v) is 16.7. The third kappa shape index (κ3) is 5.01. The number of rotatable bonds is 8. The summed E-state index contributed by atoms with van der Waals surface area (Å²) in [5.41, 5.74) is 2.41. The fourth-order valence-corrected chi connectivity index (χ4v) is 3.91. The maximum atomic E-state index is 12.3. The first-order chi connectivity index (χ1) is 13.6. The summed E-state index contributed by atoms with van der Waals surface area (Å²) in [6, 6.07) is 14.8. The molecule has 0 bridgehead atoms. The number of benzene rings is 2. The highest BCUT2D eigenvalue weighted by molar-refractivity contribution is 8.00. The number of Topliss-reactive ketones (excluding diaryl/α,β-unsaturated/α-hetero) is 1. The molecule has 2 aromatic rings. The quantitative estimate of drug-likeness (QED) is 0.499. The maximum absolute atomic E-state index is 12.3. The molecule has 0 atom stereocenters. The summed E-state index contributed by atoms with van der Waals surface area (Å²) in [7, 11) is 0. The first-order valence-corrected chi connectivity index (χ1v) is 10.4. The Bertz CT molecular complexity index is 863. The van der Waals surface area contributed by atoms with E-state index in [1.165, 1.54) is 22.2 Å². The van der Waals surface area contributed by atoms with E-state index in [-0.39, 0.29) is 30.6 Å². The predicted octanol–water partition coefficient (Wildman–Crippen LogP) is 3.89. The third-order valence-corrected chi connectivity index (χ3v) is 5.60. The molecule has 0 fully saturated rings. The van der Waals surface area contributed by atoms with Crippen molar-refractivity contribution < 1.29 is 19.1 Å². The van der Waals surface area contributed by atoms with Crippen LogP contribution in [0, 0.1) is 0 Å². The van der Waals surface area contributed by atoms with Crippen molar-refractivity contribution in [2.24, 2.45) is 0 Å². The number of fused-ring (bicyclic) bond motifs is 1. The monoisotopic (exact) mass is 397 g/mol. The number of carbonyl (C=O) groups excluding carboxylic acids is 3. The molecule has 1 aliphatic rings. The van der Waals surface area contributed by atoms with E-state index in [1.807, 2.05) is 30.3 Å². The summed E-state index contributed by atoms with van der Waals surface area (Å²) in [5.74, 6) is -0.706. The number of ketones is 1. The van der Waals surface area contributed by atoms with Crippen LogP contribution in [0.1, 0.15) is 35.7 Å². The zero-order valence-electron chi connectivity index (χ0n) is 15.8. The van der Waals surface area contributed by atoms with Crippen LogP contribution in [-0.2, 0) is 20.7 Å². The summed E-state index contributed by atoms with van der Waals surface area (Å²) in [5, 5.41) is 0. The molecule has 2 aromatic carbocycles. The van der Waals surface area contributed by atoms with E-state index in [9.17, 15) is 14.4 Å². The molecule has 28 heavy (non-hydrogen) atoms. The molecule has 0 saturated heterocycles. The van der Waals surface area contributed by atoms with E-state index in [2.05, 4.69) is 6.92 Å². The largest absolute Gasteiger partial charge is 0.456 e. The molecule has 1 amide bonds. The van der Waals surface area contributed by atoms with Gasteiger partial charge in [0.2, 0.25) is 5.91 Å². The van der Waals surface area contributed by atoms with Crippen LogP contribution < -0.4 is 4.90 Å². The number of esters is 1. The van der Waals surface area contributed by atoms with Gasteiger partial charge in [-0.05, 0) is 30.5 Å². The van der Waals surface area contributed by atoms with Crippen molar-refractivity contribution in [1.29, 1.82) is 0 Å². The lowest BCUT2D eigenvalue weighted by Gasteiger charge is -2.27. The lowest BCUT2D eigenvalue weighted by atomic mass is 10.0. The topological polar surface area (TPSA) is 63.7 Å². The summed E-state index contributed by atoms with van der Waals surface area (Å²) < 4.78 is 5.13. The molecule has 0 spiro atoms. The van der Waals surface area contributed by atoms with Crippen LogP contribution >= 0.6 is 11.8 Å². The highest BCUT2D eigenvalue weighted by Crippen LogP contribution is 2.34. The second-order valence-corrected chi connectivity index (χ2v) is 7.64. The van der Waals surface area contributed by atoms with Gasteiger partial charge in [-0.25, -0.2) is 0 Å². The van der Waals surface area contributed by atoms with Crippen molar-refractivity contribution in [1.82, 2.24) is 0 Å². The van der Waals surface area contributed by atoms with E-state index in [4.69, 9.17) is 4.74 Å². The molecule has 146 valence electrons. The Hall–Kier alpha value is -2.60. The molecule has 0 N–H and O–H groups in total. The van der Waals surface area contributed by atoms with Gasteiger partial charge in [-0.3, -0.25) is 19.3 Å². The molecule has 1 heterocycles. The maximum Gasteiger partial charge on any atom is 0.326 e. The first kappa shape index (κ1) is 20.1. The van der Waals surface area contributed by atoms with E-state index in [0.717, 1.165) is 24.2 Å². The Kier molecular flexibility index (Phi) is 6.87. The van der Waals surface area contributed by atoms with E-state index >= 15 is 0 Å². The second kappa shape index (κ2) is 9.55. The Morgan fingerprint density at radius 2 is 1.86 bits per heavy atom. The number of nitrogens with zero attached hydrogens (tertiary/aromatic N) is 1. The Morgan fingerprint density at radius 1 is 1.11 bits per heavy atom. The van der Waals surface area contributed by atoms with Crippen molar-refractivity contribution >= 4 is 35.1 Å². The van der Waals surface area contributed by atoms with Gasteiger partial charge in [0.25, 0.3) is 0 Å². The second-order valence-electron chi connectivity index (χ2n) is 6.62. The lowest BCUT2D eigenvalue weighted by molar-refractivity contribution is -0.141. The SMILES string of the molecule is CCCCc1ccc(C(=O)COC(=O)CN2C(=O)CSc3ccccc32)cc1. The molecule has 0 unspecified atom stereocenters. The minimum atomic E-state index is -0.594. The molecular formula is C22H23NO4S. The number of anilines is 1. The number of aryl methyl sites for hydroxylation is 1. The fourth-order valence-electron chi connectivity index (χ4n) is 2.97. The van der Waals surface area contributed by atoms with Crippen molar-refractivity contribution in [3.63, 3.8) is 0 Å². The van der Waals surface area contributed by atoms with Crippen LogP contribution in [-0.4, -0.2) is 36.6 Å². The molecule has 6 heteroatoms. The first-order valence-electron chi connectivity index (χ1n) is 9.38. The van der Waals surface area contributed by atoms with Gasteiger partial charge in [0.05, 0.1) is 11.4 Å². The molecular weight excluding hydrogens is 374 g/mol. The number of thioether (sulfide) groups is 1. The molecule has 3 rings (SSSR count). The smallest absolute Gasteiger partial charge is 0.326 e. The van der Waals surface area contributed by atoms with Crippen molar-refractivity contribution in [2.75, 3.05) is 23.8 Å². The van der Waals surface area contributed by atoms with Gasteiger partial charge < -0.3 is 4.74 Å². The van der Waals surface area contributed by atoms with Crippen LogP contribution in [0.15, 0.2) is 53.4 Å². The van der Waals surface area contributed by atoms with E-state index < -0.39 is 5.97 Å². The molecule has 0 aromatic heterocycles. The van der Waals surface area contributed by atoms with E-state index in [0.29, 0.717) is 11.3 Å². The van der Waals surface area contributed by atoms with Gasteiger partial charge in [-0.1, -0.05) is 49.7 Å². The van der Waals surface area contributed by atoms with E-state index in [1.54, 1.807) is 18.2 Å². The number of para-hydroxylation sites is 1. The highest BCUT2D eigenvalue weighted by Gasteiger charge is 2.27. The van der Waals surface area contributed by atoms with Crippen molar-refractivity contribution in [3.8, 4) is 0 Å². The van der Waals surface area contributed by atoms with Gasteiger partial charge in [0, 0.05) is 10.5 Å². The van der Waals surface area contributed by atoms with Crippen molar-refractivity contribution in [2.45, 2.75) is 31.1 Å². The highest BCUT2D eigenvalue weighted by atomic mass is 32.2. The van der Waals surface area contributed by atoms with Crippen LogP contribution in [0.2, 0.25) is 0 Å². The van der Waals surface area contributed by atoms with Crippen LogP contribution in [0.4, 0.5) is 5.69 Å². The predicted molar refractivity (Wildman–Crippen MR) is 110 cm³/mol. The number of amides is 1. The van der Waals surface area contributed by atoms with Crippen LogP contribution in [0.3, 0.4) is 0 Å². The van der Waals surface area contributed by atoms with Crippen molar-refractivity contribution in [3.05, 3.63) is 59.7 Å². The zero-order chi connectivity index (χ0) is 19.9. The summed E-state index contributed by atoms with van der Waals surface area (Å²) >= 11 is 1.45.